The first-order valence-electron chi connectivity index (χ1n) is 12.8. The molecule has 10 nitrogen and oxygen atoms in total. The maximum atomic E-state index is 12.9. The number of benzene rings is 2. The first-order chi connectivity index (χ1) is 18.4. The lowest BCUT2D eigenvalue weighted by atomic mass is 9.56. The van der Waals surface area contributed by atoms with Crippen LogP contribution in [-0.2, 0) is 38.6 Å². The molecule has 0 saturated heterocycles. The predicted octanol–water partition coefficient (Wildman–Crippen LogP) is 3.96. The number of aryl methyl sites for hydroxylation is 1. The van der Waals surface area contributed by atoms with Crippen LogP contribution in [0.3, 0.4) is 0 Å². The van der Waals surface area contributed by atoms with Crippen molar-refractivity contribution in [1.29, 1.82) is 0 Å². The second-order valence-electron chi connectivity index (χ2n) is 9.38. The quantitative estimate of drug-likeness (QED) is 0.221. The van der Waals surface area contributed by atoms with Gasteiger partial charge < -0.3 is 25.7 Å². The molecule has 0 atom stereocenters. The number of hydrogen-bond acceptors (Lipinski definition) is 5. The zero-order valence-corrected chi connectivity index (χ0v) is 22.5. The van der Waals surface area contributed by atoms with E-state index >= 15 is 0 Å². The second kappa shape index (κ2) is 12.6. The van der Waals surface area contributed by atoms with Crippen molar-refractivity contribution >= 4 is 29.8 Å². The first kappa shape index (κ1) is 31.0. The minimum atomic E-state index is -2.73. The van der Waals surface area contributed by atoms with Crippen molar-refractivity contribution in [1.82, 2.24) is 5.32 Å². The Hall–Kier alpha value is -4.21. The average Bonchev–Trinajstić information content (AvgIpc) is 2.91. The van der Waals surface area contributed by atoms with Gasteiger partial charge in [0.1, 0.15) is 0 Å². The minimum absolute atomic E-state index is 0.0627. The van der Waals surface area contributed by atoms with Crippen molar-refractivity contribution in [2.24, 2.45) is 10.8 Å². The van der Waals surface area contributed by atoms with Crippen molar-refractivity contribution in [2.45, 2.75) is 65.8 Å². The summed E-state index contributed by atoms with van der Waals surface area (Å²) in [6.07, 6.45) is 0.352. The number of nitrogens with one attached hydrogen (secondary N) is 1. The lowest BCUT2D eigenvalue weighted by Crippen LogP contribution is -2.56. The molecule has 0 aromatic heterocycles. The summed E-state index contributed by atoms with van der Waals surface area (Å²) in [6.45, 7) is 6.59. The van der Waals surface area contributed by atoms with Gasteiger partial charge in [-0.25, -0.2) is 0 Å². The van der Waals surface area contributed by atoms with E-state index in [1.807, 2.05) is 26.0 Å². The van der Waals surface area contributed by atoms with Crippen molar-refractivity contribution in [3.05, 3.63) is 70.3 Å². The Morgan fingerprint density at radius 1 is 0.718 bits per heavy atom. The smallest absolute Gasteiger partial charge is 0.321 e. The number of carbonyl (C=O) groups excluding carboxylic acids is 1. The number of carbonyl (C=O) groups is 5. The lowest BCUT2D eigenvalue weighted by molar-refractivity contribution is -0.179. The van der Waals surface area contributed by atoms with Crippen LogP contribution >= 0.6 is 0 Å². The van der Waals surface area contributed by atoms with Crippen LogP contribution in [0.4, 0.5) is 0 Å². The van der Waals surface area contributed by atoms with Gasteiger partial charge >= 0.3 is 23.9 Å². The predicted molar refractivity (Wildman–Crippen MR) is 142 cm³/mol. The molecule has 0 radical (unpaired) electrons. The number of rotatable bonds is 14. The molecule has 5 N–H and O–H groups in total. The molecule has 2 aromatic carbocycles. The van der Waals surface area contributed by atoms with Crippen LogP contribution < -0.4 is 5.32 Å². The summed E-state index contributed by atoms with van der Waals surface area (Å²) in [5, 5.41) is 42.9. The van der Waals surface area contributed by atoms with Gasteiger partial charge in [-0.3, -0.25) is 24.0 Å². The fourth-order valence-corrected chi connectivity index (χ4v) is 5.38. The van der Waals surface area contributed by atoms with Crippen LogP contribution in [0.2, 0.25) is 0 Å². The summed E-state index contributed by atoms with van der Waals surface area (Å²) in [4.78, 5) is 62.4. The third kappa shape index (κ3) is 5.50. The van der Waals surface area contributed by atoms with E-state index in [4.69, 9.17) is 0 Å². The van der Waals surface area contributed by atoms with Gasteiger partial charge in [-0.1, -0.05) is 64.1 Å². The number of hydrogen-bond donors (Lipinski definition) is 5. The van der Waals surface area contributed by atoms with E-state index in [0.717, 1.165) is 17.5 Å². The first-order valence-corrected chi connectivity index (χ1v) is 12.8. The molecule has 0 aliphatic carbocycles. The van der Waals surface area contributed by atoms with Gasteiger partial charge in [0, 0.05) is 18.0 Å². The zero-order chi connectivity index (χ0) is 29.5. The Morgan fingerprint density at radius 2 is 1.21 bits per heavy atom. The summed E-state index contributed by atoms with van der Waals surface area (Å²) in [7, 11) is 0. The third-order valence-electron chi connectivity index (χ3n) is 7.65. The molecular formula is C29H35NO9. The highest BCUT2D eigenvalue weighted by atomic mass is 16.4. The fraction of sp³-hybridized carbons (Fsp3) is 0.414. The van der Waals surface area contributed by atoms with Crippen molar-refractivity contribution in [2.75, 3.05) is 0 Å². The van der Waals surface area contributed by atoms with E-state index in [2.05, 4.69) is 5.32 Å². The molecule has 210 valence electrons. The Morgan fingerprint density at radius 3 is 1.59 bits per heavy atom. The van der Waals surface area contributed by atoms with E-state index < -0.39 is 53.5 Å². The van der Waals surface area contributed by atoms with E-state index in [1.54, 1.807) is 6.07 Å². The molecule has 0 unspecified atom stereocenters. The molecular weight excluding hydrogens is 506 g/mol. The van der Waals surface area contributed by atoms with Gasteiger partial charge in [-0.05, 0) is 54.0 Å². The maximum absolute atomic E-state index is 12.9. The summed E-state index contributed by atoms with van der Waals surface area (Å²) >= 11 is 0. The molecule has 0 aliphatic heterocycles. The molecule has 0 saturated carbocycles. The highest BCUT2D eigenvalue weighted by Gasteiger charge is 2.65. The molecule has 39 heavy (non-hydrogen) atoms. The molecule has 2 rings (SSSR count). The molecule has 2 aromatic rings. The Labute approximate surface area is 226 Å². The molecule has 0 spiro atoms. The van der Waals surface area contributed by atoms with Gasteiger partial charge in [0.15, 0.2) is 10.8 Å². The van der Waals surface area contributed by atoms with Gasteiger partial charge in [0.05, 0.1) is 0 Å². The highest BCUT2D eigenvalue weighted by molar-refractivity contribution is 6.05. The molecule has 1 amide bonds. The van der Waals surface area contributed by atoms with Crippen LogP contribution in [0.25, 0.3) is 0 Å². The van der Waals surface area contributed by atoms with Gasteiger partial charge in [-0.15, -0.1) is 0 Å². The van der Waals surface area contributed by atoms with Crippen molar-refractivity contribution in [3.63, 3.8) is 0 Å². The summed E-state index contributed by atoms with van der Waals surface area (Å²) in [6, 6.07) is 11.2. The molecule has 0 bridgehead atoms. The summed E-state index contributed by atoms with van der Waals surface area (Å²) < 4.78 is 0. The molecule has 10 heteroatoms. The number of aliphatic carboxylic acids is 4. The Bertz CT molecular complexity index is 1180. The van der Waals surface area contributed by atoms with Crippen LogP contribution in [0.5, 0.6) is 0 Å². The summed E-state index contributed by atoms with van der Waals surface area (Å²) in [5.41, 5.74) is -2.38. The molecule has 0 heterocycles. The van der Waals surface area contributed by atoms with E-state index in [0.29, 0.717) is 17.5 Å². The monoisotopic (exact) mass is 541 g/mol. The van der Waals surface area contributed by atoms with Gasteiger partial charge in [0.2, 0.25) is 0 Å². The Kier molecular flexibility index (Phi) is 9.98. The van der Waals surface area contributed by atoms with Crippen LogP contribution in [0.1, 0.15) is 79.1 Å². The van der Waals surface area contributed by atoms with E-state index in [1.165, 1.54) is 38.1 Å². The SMILES string of the molecule is CCc1cccc(C(=O)NCc2ccc(C(C(CC)(C(=O)O)C(=O)O)C(CC)(C(=O)O)C(=O)O)cc2)c1CC. The van der Waals surface area contributed by atoms with Crippen molar-refractivity contribution in [3.8, 4) is 0 Å². The lowest BCUT2D eigenvalue weighted by Gasteiger charge is -2.41. The second-order valence-corrected chi connectivity index (χ2v) is 9.38. The van der Waals surface area contributed by atoms with Crippen molar-refractivity contribution < 1.29 is 44.4 Å². The summed E-state index contributed by atoms with van der Waals surface area (Å²) in [5.74, 6) is -9.56. The number of carboxylic acids is 4. The van der Waals surface area contributed by atoms with E-state index in [-0.39, 0.29) is 18.0 Å². The number of amides is 1. The average molecular weight is 542 g/mol. The van der Waals surface area contributed by atoms with Crippen LogP contribution in [0.15, 0.2) is 42.5 Å². The standard InChI is InChI=1S/C29H35NO9/c1-5-18-10-9-11-21(20(18)6-2)23(31)30-16-17-12-14-19(15-13-17)22(28(7-3,24(32)33)25(34)35)29(8-4,26(36)37)27(38)39/h9-15,22H,5-8,16H2,1-4H3,(H,30,31)(H,32,33)(H,34,35)(H,36,37)(H,38,39). The van der Waals surface area contributed by atoms with E-state index in [9.17, 15) is 44.4 Å². The molecule has 0 aliphatic rings. The normalized spacial score (nSPS) is 11.7. The van der Waals surface area contributed by atoms with Gasteiger partial charge in [-0.2, -0.15) is 0 Å². The molecule has 0 fully saturated rings. The number of carboxylic acid groups (broad SMARTS) is 4. The van der Waals surface area contributed by atoms with Crippen LogP contribution in [-0.4, -0.2) is 50.2 Å². The maximum Gasteiger partial charge on any atom is 0.321 e. The highest BCUT2D eigenvalue weighted by Crippen LogP contribution is 2.53. The zero-order valence-electron chi connectivity index (χ0n) is 22.5. The topological polar surface area (TPSA) is 178 Å². The third-order valence-corrected chi connectivity index (χ3v) is 7.65. The Balaban J connectivity index is 2.54. The van der Waals surface area contributed by atoms with Crippen LogP contribution in [0, 0.1) is 10.8 Å². The fourth-order valence-electron chi connectivity index (χ4n) is 5.38. The largest absolute Gasteiger partial charge is 0.480 e. The minimum Gasteiger partial charge on any atom is -0.480 e. The van der Waals surface area contributed by atoms with Gasteiger partial charge in [0.25, 0.3) is 5.91 Å².